The molecule has 102 heavy (non-hydrogen) atoms. The Hall–Kier alpha value is -6.76. The third kappa shape index (κ3) is 17.9. The van der Waals surface area contributed by atoms with E-state index in [4.69, 9.17) is 56.2 Å². The predicted molar refractivity (Wildman–Crippen MR) is 353 cm³/mol. The Labute approximate surface area is 585 Å². The Kier molecular flexibility index (Phi) is 26.1. The largest absolute Gasteiger partial charge is 0.479 e. The topological polar surface area (TPSA) is 447 Å². The first kappa shape index (κ1) is 76.4. The van der Waals surface area contributed by atoms with Gasteiger partial charge in [0, 0.05) is 35.7 Å². The first-order valence-electron chi connectivity index (χ1n) is 35.0. The van der Waals surface area contributed by atoms with E-state index in [1.54, 1.807) is 79.7 Å². The molecule has 558 valence electrons. The highest BCUT2D eigenvalue weighted by Crippen LogP contribution is 2.42. The molecule has 0 radical (unpaired) electrons. The number of rotatable bonds is 27. The first-order chi connectivity index (χ1) is 49.1. The lowest BCUT2D eigenvalue weighted by Gasteiger charge is -2.48. The maximum atomic E-state index is 14.6. The Morgan fingerprint density at radius 1 is 0.549 bits per heavy atom. The van der Waals surface area contributed by atoms with Gasteiger partial charge in [0.25, 0.3) is 0 Å². The number of amides is 2. The molecule has 3 aliphatic carbocycles. The number of carbonyl (C=O) groups excluding carboxylic acids is 3. The predicted octanol–water partition coefficient (Wildman–Crippen LogP) is 1.34. The minimum Gasteiger partial charge on any atom is -0.479 e. The lowest BCUT2D eigenvalue weighted by atomic mass is 9.75. The molecule has 0 bridgehead atoms. The molecular weight excluding hydrogens is 1340 g/mol. The summed E-state index contributed by atoms with van der Waals surface area (Å²) in [6.45, 7) is 0.409. The van der Waals surface area contributed by atoms with Gasteiger partial charge in [-0.3, -0.25) is 9.59 Å². The highest BCUT2D eigenvalue weighted by Gasteiger charge is 2.55. The molecule has 24 atom stereocenters. The van der Waals surface area contributed by atoms with Crippen LogP contribution in [0.3, 0.4) is 0 Å². The maximum Gasteiger partial charge on any atom is 0.341 e. The number of carbonyl (C=O) groups is 4. The van der Waals surface area contributed by atoms with Crippen molar-refractivity contribution in [2.24, 2.45) is 23.7 Å². The van der Waals surface area contributed by atoms with Crippen molar-refractivity contribution >= 4 is 45.7 Å². The summed E-state index contributed by atoms with van der Waals surface area (Å²) in [5.41, 5.74) is -0.632. The van der Waals surface area contributed by atoms with Crippen molar-refractivity contribution in [3.05, 3.63) is 129 Å². The number of aliphatic hydroxyl groups excluding tert-OH is 9. The molecule has 30 heteroatoms. The van der Waals surface area contributed by atoms with Gasteiger partial charge in [0.1, 0.15) is 78.3 Å². The van der Waals surface area contributed by atoms with E-state index in [9.17, 15) is 79.8 Å². The fourth-order valence-corrected chi connectivity index (χ4v) is 14.7. The van der Waals surface area contributed by atoms with E-state index < -0.39 is 208 Å². The van der Waals surface area contributed by atoms with E-state index in [2.05, 4.69) is 10.6 Å². The Morgan fingerprint density at radius 2 is 1.09 bits per heavy atom. The molecular formula is C72H92N2O28. The summed E-state index contributed by atoms with van der Waals surface area (Å²) >= 11 is 0. The van der Waals surface area contributed by atoms with Crippen molar-refractivity contribution in [2.75, 3.05) is 26.3 Å². The van der Waals surface area contributed by atoms with E-state index in [0.717, 1.165) is 32.1 Å². The minimum atomic E-state index is -1.83. The average molecular weight is 1430 g/mol. The van der Waals surface area contributed by atoms with Gasteiger partial charge in [-0.2, -0.15) is 0 Å². The number of para-hydroxylation sites is 2. The zero-order valence-corrected chi connectivity index (χ0v) is 56.4. The van der Waals surface area contributed by atoms with Crippen LogP contribution < -0.4 is 21.9 Å². The van der Waals surface area contributed by atoms with Crippen LogP contribution in [0, 0.1) is 23.7 Å². The number of hydrogen-bond acceptors (Lipinski definition) is 27. The number of benzene rings is 3. The lowest BCUT2D eigenvalue weighted by molar-refractivity contribution is -0.349. The average Bonchev–Trinajstić information content (AvgIpc) is 0.778. The van der Waals surface area contributed by atoms with Gasteiger partial charge in [-0.05, 0) is 87.3 Å². The normalized spacial score (nSPS) is 34.2. The number of ether oxygens (including phenoxy) is 10. The zero-order chi connectivity index (χ0) is 72.5. The Balaban J connectivity index is 0.804. The van der Waals surface area contributed by atoms with Gasteiger partial charge in [-0.25, -0.2) is 19.2 Å². The monoisotopic (exact) mass is 1430 g/mol. The molecule has 3 saturated carbocycles. The molecule has 2 aromatic heterocycles. The van der Waals surface area contributed by atoms with Crippen LogP contribution in [0.4, 0.5) is 0 Å². The van der Waals surface area contributed by atoms with Gasteiger partial charge in [0.15, 0.2) is 31.1 Å². The van der Waals surface area contributed by atoms with Gasteiger partial charge < -0.3 is 118 Å². The number of nitrogens with one attached hydrogen (secondary N) is 2. The molecule has 11 rings (SSSR count). The fourth-order valence-electron chi connectivity index (χ4n) is 14.7. The van der Waals surface area contributed by atoms with E-state index in [1.807, 2.05) is 0 Å². The van der Waals surface area contributed by atoms with E-state index in [0.29, 0.717) is 21.9 Å². The molecule has 30 nitrogen and oxygen atoms in total. The molecule has 12 N–H and O–H groups in total. The van der Waals surface area contributed by atoms with Gasteiger partial charge >= 0.3 is 23.2 Å². The molecule has 3 aromatic carbocycles. The van der Waals surface area contributed by atoms with Crippen molar-refractivity contribution in [1.29, 1.82) is 0 Å². The number of aliphatic carboxylic acids is 1. The van der Waals surface area contributed by atoms with Crippen molar-refractivity contribution in [2.45, 2.75) is 226 Å². The zero-order valence-electron chi connectivity index (χ0n) is 56.4. The Bertz CT molecular complexity index is 3720. The van der Waals surface area contributed by atoms with Crippen LogP contribution in [0.1, 0.15) is 106 Å². The summed E-state index contributed by atoms with van der Waals surface area (Å²) in [4.78, 5) is 82.4. The minimum absolute atomic E-state index is 0.0412. The van der Waals surface area contributed by atoms with Crippen LogP contribution in [0.25, 0.3) is 21.9 Å². The Morgan fingerprint density at radius 3 is 1.70 bits per heavy atom. The molecule has 6 aliphatic rings. The molecule has 5 heterocycles. The van der Waals surface area contributed by atoms with Crippen LogP contribution in [0.15, 0.2) is 109 Å². The molecule has 2 amide bonds. The van der Waals surface area contributed by atoms with Crippen LogP contribution in [-0.2, 0) is 75.0 Å². The summed E-state index contributed by atoms with van der Waals surface area (Å²) in [5.74, 6) is -6.08. The standard InChI is InChI=1S/C72H92N2O28/c1-3-37-25-41(30-49(60(37)102-70-58(82)57(81)53(77)35(2)93-70)98-72-63(101-67(88)38-16-8-5-9-17-38)62(56(80)52(32-76)100-72)94-50(66(86)87)24-36-14-6-4-7-15-36)64(84)73-22-23-74-65(85)42-28-47(91-33-43-26-39-18-10-12-20-45(39)95-68(43)89)54(78)48(29-42)97-71-59(83)61(55(79)51(31-75)99-71)92-34-44-27-40-19-11-13-21-46(40)96-69(44)90/h5,8-13,16-21,26-27,35-37,41-42,47-63,70-72,75-83H,3-4,6-7,14-15,22-25,28-34H2,1-2H3,(H,73,84)(H,74,85)(H,86,87)/t35?,37?,41?,42?,47?,48-,49-,50+,51?,52?,53-,54?,55+,56+,57?,58?,59?,60?,61?,62?,63?,70+,71-,72-/m1/s1. The first-order valence-corrected chi connectivity index (χ1v) is 35.0. The summed E-state index contributed by atoms with van der Waals surface area (Å²) in [7, 11) is 0. The highest BCUT2D eigenvalue weighted by molar-refractivity contribution is 5.89. The van der Waals surface area contributed by atoms with Gasteiger partial charge in [-0.1, -0.05) is 100 Å². The number of fused-ring (bicyclic) bond motifs is 2. The second-order valence-corrected chi connectivity index (χ2v) is 27.4. The van der Waals surface area contributed by atoms with Gasteiger partial charge in [0.05, 0.1) is 73.6 Å². The van der Waals surface area contributed by atoms with Crippen molar-refractivity contribution in [3.8, 4) is 0 Å². The van der Waals surface area contributed by atoms with Crippen LogP contribution in [0.5, 0.6) is 0 Å². The smallest absolute Gasteiger partial charge is 0.341 e. The molecule has 5 aromatic rings. The number of carboxylic acid groups (broad SMARTS) is 1. The number of hydrogen-bond donors (Lipinski definition) is 12. The van der Waals surface area contributed by atoms with Crippen molar-refractivity contribution < 1.29 is 126 Å². The molecule has 3 saturated heterocycles. The SMILES string of the molecule is CCC1CC(C(=O)NCCNC(=O)C2CC(OCc3cc4ccccc4oc3=O)C(O)[C@H](O[C@@H]3OC(CO)[C@H](O)C(OCc4cc5ccccc5oc4=O)C3O)C2)C[C@@H](O[C@@H]2OC(CO)[C@H](O)C(O[C@@H](CC3CCCCC3)C(=O)O)C2OC(=O)c2ccccc2)C1O[C@@H]1OC(C)[C@@H](O)C(O)C1O. The van der Waals surface area contributed by atoms with Crippen LogP contribution in [0.2, 0.25) is 0 Å². The van der Waals surface area contributed by atoms with Crippen LogP contribution >= 0.6 is 0 Å². The lowest BCUT2D eigenvalue weighted by Crippen LogP contribution is -2.64. The third-order valence-corrected chi connectivity index (χ3v) is 20.5. The summed E-state index contributed by atoms with van der Waals surface area (Å²) in [6.07, 6.45) is -28.5. The molecule has 3 aliphatic heterocycles. The molecule has 15 unspecified atom stereocenters. The number of aliphatic hydroxyl groups is 9. The second-order valence-electron chi connectivity index (χ2n) is 27.4. The van der Waals surface area contributed by atoms with Crippen molar-refractivity contribution in [3.63, 3.8) is 0 Å². The summed E-state index contributed by atoms with van der Waals surface area (Å²) in [6, 6.07) is 24.4. The number of esters is 1. The quantitative estimate of drug-likeness (QED) is 0.0200. The van der Waals surface area contributed by atoms with Crippen molar-refractivity contribution in [1.82, 2.24) is 10.6 Å². The van der Waals surface area contributed by atoms with E-state index >= 15 is 0 Å². The maximum absolute atomic E-state index is 14.6. The fraction of sp³-hybridized carbons (Fsp3) is 0.611. The number of carboxylic acids is 1. The summed E-state index contributed by atoms with van der Waals surface area (Å²) < 4.78 is 73.1. The van der Waals surface area contributed by atoms with E-state index in [-0.39, 0.29) is 74.2 Å². The third-order valence-electron chi connectivity index (χ3n) is 20.5. The molecule has 0 spiro atoms. The molecule has 6 fully saturated rings. The van der Waals surface area contributed by atoms with Gasteiger partial charge in [0.2, 0.25) is 11.8 Å². The van der Waals surface area contributed by atoms with Crippen LogP contribution in [-0.4, -0.2) is 230 Å². The van der Waals surface area contributed by atoms with Gasteiger partial charge in [-0.15, -0.1) is 0 Å². The highest BCUT2D eigenvalue weighted by atomic mass is 16.8. The summed E-state index contributed by atoms with van der Waals surface area (Å²) in [5, 5.41) is 118. The second kappa shape index (κ2) is 34.9. The van der Waals surface area contributed by atoms with E-state index in [1.165, 1.54) is 25.1 Å².